The van der Waals surface area contributed by atoms with Gasteiger partial charge >= 0.3 is 0 Å². The van der Waals surface area contributed by atoms with E-state index in [2.05, 4.69) is 75.4 Å². The fourth-order valence-corrected chi connectivity index (χ4v) is 3.92. The molecule has 3 heteroatoms. The van der Waals surface area contributed by atoms with Gasteiger partial charge in [0.2, 0.25) is 0 Å². The lowest BCUT2D eigenvalue weighted by atomic mass is 10.0. The van der Waals surface area contributed by atoms with E-state index in [4.69, 9.17) is 4.99 Å². The number of allylic oxidation sites excluding steroid dienone is 1. The zero-order valence-electron chi connectivity index (χ0n) is 13.7. The van der Waals surface area contributed by atoms with Crippen molar-refractivity contribution in [2.24, 2.45) is 4.99 Å². The van der Waals surface area contributed by atoms with Crippen LogP contribution in [0.25, 0.3) is 5.57 Å². The number of rotatable bonds is 1. The summed E-state index contributed by atoms with van der Waals surface area (Å²) in [5, 5.41) is 0. The number of nitrogens with zero attached hydrogens (tertiary/aromatic N) is 2. The van der Waals surface area contributed by atoms with Gasteiger partial charge in [-0.1, -0.05) is 52.3 Å². The minimum atomic E-state index is 0.917. The molecule has 2 aromatic rings. The van der Waals surface area contributed by atoms with Crippen LogP contribution in [0.4, 0.5) is 5.69 Å². The van der Waals surface area contributed by atoms with Gasteiger partial charge in [-0.3, -0.25) is 0 Å². The van der Waals surface area contributed by atoms with Crippen molar-refractivity contribution in [3.63, 3.8) is 0 Å². The average Bonchev–Trinajstić information content (AvgIpc) is 2.82. The number of halogens is 1. The second-order valence-electron chi connectivity index (χ2n) is 6.44. The molecule has 0 N–H and O–H groups in total. The SMILES string of the molecule is Brc1ccc2c(c1)CC=C(c1ccccc1)C(N1CCCCC1)=N2. The zero-order valence-corrected chi connectivity index (χ0v) is 15.3. The highest BCUT2D eigenvalue weighted by Gasteiger charge is 2.22. The van der Waals surface area contributed by atoms with Crippen LogP contribution in [0, 0.1) is 0 Å². The Bertz CT molecular complexity index is 787. The minimum absolute atomic E-state index is 0.917. The van der Waals surface area contributed by atoms with Gasteiger partial charge in [-0.2, -0.15) is 0 Å². The maximum Gasteiger partial charge on any atom is 0.136 e. The molecule has 1 fully saturated rings. The Kier molecular flexibility index (Phi) is 4.52. The highest BCUT2D eigenvalue weighted by Crippen LogP contribution is 2.32. The molecule has 2 nitrogen and oxygen atoms in total. The van der Waals surface area contributed by atoms with Crippen molar-refractivity contribution in [2.45, 2.75) is 25.7 Å². The van der Waals surface area contributed by atoms with Crippen molar-refractivity contribution >= 4 is 33.0 Å². The smallest absolute Gasteiger partial charge is 0.136 e. The van der Waals surface area contributed by atoms with Gasteiger partial charge in [0.05, 0.1) is 5.69 Å². The van der Waals surface area contributed by atoms with E-state index >= 15 is 0 Å². The lowest BCUT2D eigenvalue weighted by molar-refractivity contribution is 0.345. The fraction of sp³-hybridized carbons (Fsp3) is 0.286. The first-order valence-electron chi connectivity index (χ1n) is 8.69. The Labute approximate surface area is 152 Å². The third-order valence-corrected chi connectivity index (χ3v) is 5.27. The molecule has 122 valence electrons. The van der Waals surface area contributed by atoms with Crippen molar-refractivity contribution in [3.05, 3.63) is 70.2 Å². The summed E-state index contributed by atoms with van der Waals surface area (Å²) in [7, 11) is 0. The molecule has 2 aromatic carbocycles. The Morgan fingerprint density at radius 3 is 2.50 bits per heavy atom. The van der Waals surface area contributed by atoms with E-state index in [-0.39, 0.29) is 0 Å². The first kappa shape index (κ1) is 15.6. The molecular weight excluding hydrogens is 360 g/mol. The average molecular weight is 381 g/mol. The van der Waals surface area contributed by atoms with Gasteiger partial charge in [-0.05, 0) is 55.0 Å². The quantitative estimate of drug-likeness (QED) is 0.627. The summed E-state index contributed by atoms with van der Waals surface area (Å²) in [6, 6.07) is 17.1. The Morgan fingerprint density at radius 2 is 1.71 bits per heavy atom. The molecule has 0 spiro atoms. The largest absolute Gasteiger partial charge is 0.356 e. The molecule has 2 heterocycles. The summed E-state index contributed by atoms with van der Waals surface area (Å²) in [5.74, 6) is 1.14. The fourth-order valence-electron chi connectivity index (χ4n) is 3.52. The van der Waals surface area contributed by atoms with Crippen LogP contribution in [0.3, 0.4) is 0 Å². The van der Waals surface area contributed by atoms with E-state index in [9.17, 15) is 0 Å². The minimum Gasteiger partial charge on any atom is -0.356 e. The number of amidine groups is 1. The van der Waals surface area contributed by atoms with E-state index in [0.717, 1.165) is 35.5 Å². The summed E-state index contributed by atoms with van der Waals surface area (Å²) in [6.07, 6.45) is 7.11. The van der Waals surface area contributed by atoms with Gasteiger partial charge in [0, 0.05) is 23.1 Å². The van der Waals surface area contributed by atoms with Crippen molar-refractivity contribution < 1.29 is 0 Å². The van der Waals surface area contributed by atoms with Crippen LogP contribution in [-0.4, -0.2) is 23.8 Å². The predicted octanol–water partition coefficient (Wildman–Crippen LogP) is 5.60. The molecule has 0 amide bonds. The molecule has 0 radical (unpaired) electrons. The maximum atomic E-state index is 5.12. The molecule has 2 aliphatic rings. The van der Waals surface area contributed by atoms with Crippen molar-refractivity contribution in [1.82, 2.24) is 4.90 Å². The first-order chi connectivity index (χ1) is 11.8. The Morgan fingerprint density at radius 1 is 0.917 bits per heavy atom. The number of likely N-dealkylation sites (tertiary alicyclic amines) is 1. The van der Waals surface area contributed by atoms with Crippen molar-refractivity contribution in [1.29, 1.82) is 0 Å². The summed E-state index contributed by atoms with van der Waals surface area (Å²) in [4.78, 5) is 7.59. The van der Waals surface area contributed by atoms with Gasteiger partial charge < -0.3 is 4.90 Å². The molecule has 1 saturated heterocycles. The van der Waals surface area contributed by atoms with Gasteiger partial charge in [0.15, 0.2) is 0 Å². The number of fused-ring (bicyclic) bond motifs is 1. The monoisotopic (exact) mass is 380 g/mol. The number of piperidine rings is 1. The highest BCUT2D eigenvalue weighted by atomic mass is 79.9. The Hall–Kier alpha value is -1.87. The third kappa shape index (κ3) is 3.18. The van der Waals surface area contributed by atoms with Crippen LogP contribution in [0.2, 0.25) is 0 Å². The third-order valence-electron chi connectivity index (χ3n) is 4.78. The zero-order chi connectivity index (χ0) is 16.4. The standard InChI is InChI=1S/C21H21BrN2/c22-18-10-12-20-17(15-18)9-11-19(16-7-3-1-4-8-16)21(23-20)24-13-5-2-6-14-24/h1,3-4,7-8,10-12,15H,2,5-6,9,13-14H2. The lowest BCUT2D eigenvalue weighted by Gasteiger charge is -2.31. The Balaban J connectivity index is 1.82. The van der Waals surface area contributed by atoms with Crippen LogP contribution in [-0.2, 0) is 6.42 Å². The molecule has 0 aliphatic carbocycles. The van der Waals surface area contributed by atoms with E-state index in [0.29, 0.717) is 0 Å². The molecule has 4 rings (SSSR count). The topological polar surface area (TPSA) is 15.6 Å². The van der Waals surface area contributed by atoms with E-state index in [1.165, 1.54) is 36.0 Å². The first-order valence-corrected chi connectivity index (χ1v) is 9.48. The second-order valence-corrected chi connectivity index (χ2v) is 7.36. The van der Waals surface area contributed by atoms with E-state index < -0.39 is 0 Å². The van der Waals surface area contributed by atoms with E-state index in [1.54, 1.807) is 0 Å². The molecule has 0 unspecified atom stereocenters. The number of hydrogen-bond acceptors (Lipinski definition) is 2. The normalized spacial score (nSPS) is 17.6. The van der Waals surface area contributed by atoms with E-state index in [1.807, 2.05) is 0 Å². The predicted molar refractivity (Wildman–Crippen MR) is 105 cm³/mol. The number of aliphatic imine (C=N–C) groups is 1. The molecule has 0 atom stereocenters. The van der Waals surface area contributed by atoms with Crippen LogP contribution < -0.4 is 0 Å². The molecular formula is C21H21BrN2. The number of hydrogen-bond donors (Lipinski definition) is 0. The molecule has 24 heavy (non-hydrogen) atoms. The van der Waals surface area contributed by atoms with Crippen LogP contribution >= 0.6 is 15.9 Å². The van der Waals surface area contributed by atoms with Gasteiger partial charge in [-0.15, -0.1) is 0 Å². The maximum absolute atomic E-state index is 5.12. The second kappa shape index (κ2) is 6.94. The number of benzene rings is 2. The van der Waals surface area contributed by atoms with Crippen LogP contribution in [0.15, 0.2) is 64.1 Å². The summed E-state index contributed by atoms with van der Waals surface area (Å²) >= 11 is 3.59. The molecule has 0 saturated carbocycles. The van der Waals surface area contributed by atoms with Crippen molar-refractivity contribution in [3.8, 4) is 0 Å². The summed E-state index contributed by atoms with van der Waals surface area (Å²) in [5.41, 5.74) is 4.91. The highest BCUT2D eigenvalue weighted by molar-refractivity contribution is 9.10. The summed E-state index contributed by atoms with van der Waals surface area (Å²) < 4.78 is 1.12. The van der Waals surface area contributed by atoms with Gasteiger partial charge in [-0.25, -0.2) is 4.99 Å². The van der Waals surface area contributed by atoms with Crippen LogP contribution in [0.1, 0.15) is 30.4 Å². The van der Waals surface area contributed by atoms with Gasteiger partial charge in [0.25, 0.3) is 0 Å². The van der Waals surface area contributed by atoms with Gasteiger partial charge in [0.1, 0.15) is 5.84 Å². The molecule has 0 bridgehead atoms. The molecule has 0 aromatic heterocycles. The van der Waals surface area contributed by atoms with Crippen LogP contribution in [0.5, 0.6) is 0 Å². The van der Waals surface area contributed by atoms with Crippen molar-refractivity contribution in [2.75, 3.05) is 13.1 Å². The lowest BCUT2D eigenvalue weighted by Crippen LogP contribution is -2.36. The molecule has 2 aliphatic heterocycles. The summed E-state index contributed by atoms with van der Waals surface area (Å²) in [6.45, 7) is 2.21.